The van der Waals surface area contributed by atoms with Crippen molar-refractivity contribution in [2.75, 3.05) is 19.7 Å². The lowest BCUT2D eigenvalue weighted by Crippen LogP contribution is -2.52. The van der Waals surface area contributed by atoms with Crippen molar-refractivity contribution in [3.8, 4) is 0 Å². The molecule has 0 spiro atoms. The molecule has 47 heavy (non-hydrogen) atoms. The molecule has 1 aliphatic heterocycles. The molecule has 5 fully saturated rings. The van der Waals surface area contributed by atoms with E-state index in [9.17, 15) is 34.2 Å². The number of alkyl carbamates (subject to hydrolysis) is 1. The summed E-state index contributed by atoms with van der Waals surface area (Å²) >= 11 is 0. The molecule has 0 radical (unpaired) electrons. The molecular formula is C35H42N4O8. The van der Waals surface area contributed by atoms with Gasteiger partial charge in [0.05, 0.1) is 13.2 Å². The highest BCUT2D eigenvalue weighted by atomic mass is 16.5. The Morgan fingerprint density at radius 2 is 1.55 bits per heavy atom. The molecule has 4 aliphatic carbocycles. The Morgan fingerprint density at radius 3 is 2.13 bits per heavy atom. The maximum absolute atomic E-state index is 13.9. The molecule has 2 aromatic carbocycles. The van der Waals surface area contributed by atoms with Gasteiger partial charge in [-0.3, -0.25) is 14.5 Å². The van der Waals surface area contributed by atoms with E-state index in [1.807, 2.05) is 30.3 Å². The minimum absolute atomic E-state index is 0.0302. The number of rotatable bonds is 12. The maximum atomic E-state index is 13.9. The first-order valence-corrected chi connectivity index (χ1v) is 16.3. The van der Waals surface area contributed by atoms with Gasteiger partial charge in [0.2, 0.25) is 5.91 Å². The van der Waals surface area contributed by atoms with Gasteiger partial charge < -0.3 is 30.5 Å². The number of hydrogen-bond acceptors (Lipinski definition) is 7. The summed E-state index contributed by atoms with van der Waals surface area (Å²) in [4.78, 5) is 67.5. The first-order valence-electron chi connectivity index (χ1n) is 16.3. The van der Waals surface area contributed by atoms with Gasteiger partial charge in [-0.2, -0.15) is 0 Å². The molecule has 12 heteroatoms. The molecule has 2 aromatic rings. The third-order valence-electron chi connectivity index (χ3n) is 10.6. The van der Waals surface area contributed by atoms with Crippen molar-refractivity contribution in [1.82, 2.24) is 20.4 Å². The fourth-order valence-electron chi connectivity index (χ4n) is 8.63. The van der Waals surface area contributed by atoms with Gasteiger partial charge >= 0.3 is 18.1 Å². The predicted molar refractivity (Wildman–Crippen MR) is 168 cm³/mol. The molecule has 0 aromatic heterocycles. The van der Waals surface area contributed by atoms with Gasteiger partial charge in [0.25, 0.3) is 5.91 Å². The fourth-order valence-corrected chi connectivity index (χ4v) is 8.63. The minimum Gasteiger partial charge on any atom is -0.480 e. The molecular weight excluding hydrogens is 604 g/mol. The third-order valence-corrected chi connectivity index (χ3v) is 10.6. The van der Waals surface area contributed by atoms with Crippen LogP contribution in [0.2, 0.25) is 0 Å². The van der Waals surface area contributed by atoms with Crippen LogP contribution in [0.4, 0.5) is 9.59 Å². The topological polar surface area (TPSA) is 166 Å². The van der Waals surface area contributed by atoms with Crippen LogP contribution in [0.1, 0.15) is 62.1 Å². The highest BCUT2D eigenvalue weighted by Gasteiger charge is 2.56. The number of amides is 5. The number of nitrogens with zero attached hydrogens (tertiary/aromatic N) is 2. The lowest BCUT2D eigenvalue weighted by Gasteiger charge is -2.56. The number of nitrogens with one attached hydrogen (secondary N) is 2. The molecule has 7 rings (SSSR count). The zero-order valence-corrected chi connectivity index (χ0v) is 26.5. The highest BCUT2D eigenvalue weighted by molar-refractivity contribution is 6.09. The van der Waals surface area contributed by atoms with Gasteiger partial charge in [-0.25, -0.2) is 14.4 Å². The van der Waals surface area contributed by atoms with E-state index >= 15 is 0 Å². The first kappa shape index (κ1) is 32.5. The standard InChI is InChI=1S/C35H42N4O8/c1-34(27-9-7-23(20-40)8-10-27)31(44)38(33(46)39(34)18-22-5-3-2-4-6-22)19-29(41)36-17-28(30(42)43)37-32(45)47-21-35-14-24-11-25(15-35)13-26(12-24)16-35/h2-10,24-26,28,40H,11-21H2,1H3,(H,36,41)(H,37,45)(H,42,43)/t24?,25?,26?,28-,34-,35?/m0/s1. The third kappa shape index (κ3) is 6.56. The summed E-state index contributed by atoms with van der Waals surface area (Å²) in [6.45, 7) is 0.664. The van der Waals surface area contributed by atoms with E-state index in [1.165, 1.54) is 24.2 Å². The lowest BCUT2D eigenvalue weighted by molar-refractivity contribution is -0.140. The monoisotopic (exact) mass is 646 g/mol. The Hall–Kier alpha value is -4.45. The summed E-state index contributed by atoms with van der Waals surface area (Å²) in [5.41, 5.74) is 0.445. The number of urea groups is 1. The normalized spacial score (nSPS) is 28.3. The SMILES string of the molecule is C[C@]1(c2ccc(CO)cc2)C(=O)N(CC(=O)NC[C@H](NC(=O)OCC23CC4CC(CC(C4)C2)C3)C(=O)O)C(=O)N1Cc1ccccc1. The zero-order valence-electron chi connectivity index (χ0n) is 26.5. The number of aliphatic hydroxyl groups is 1. The van der Waals surface area contributed by atoms with E-state index in [2.05, 4.69) is 10.6 Å². The van der Waals surface area contributed by atoms with Crippen LogP contribution in [0.3, 0.4) is 0 Å². The van der Waals surface area contributed by atoms with Crippen molar-refractivity contribution in [1.29, 1.82) is 0 Å². The number of aliphatic carboxylic acids is 1. The van der Waals surface area contributed by atoms with Crippen molar-refractivity contribution in [3.05, 3.63) is 71.3 Å². The molecule has 5 amide bonds. The van der Waals surface area contributed by atoms with E-state index in [0.29, 0.717) is 28.9 Å². The number of carboxylic acids is 1. The van der Waals surface area contributed by atoms with Gasteiger partial charge in [-0.15, -0.1) is 0 Å². The van der Waals surface area contributed by atoms with E-state index in [0.717, 1.165) is 29.7 Å². The number of benzene rings is 2. The van der Waals surface area contributed by atoms with E-state index in [1.54, 1.807) is 31.2 Å². The van der Waals surface area contributed by atoms with E-state index < -0.39 is 54.6 Å². The van der Waals surface area contributed by atoms with Crippen molar-refractivity contribution in [2.45, 2.75) is 70.2 Å². The first-order chi connectivity index (χ1) is 22.5. The minimum atomic E-state index is -1.47. The van der Waals surface area contributed by atoms with Crippen LogP contribution >= 0.6 is 0 Å². The second-order valence-electron chi connectivity index (χ2n) is 14.0. The summed E-state index contributed by atoms with van der Waals surface area (Å²) < 4.78 is 5.55. The summed E-state index contributed by atoms with van der Waals surface area (Å²) in [6, 6.07) is 13.7. The zero-order chi connectivity index (χ0) is 33.3. The van der Waals surface area contributed by atoms with Crippen LogP contribution in [-0.4, -0.2) is 75.7 Å². The lowest BCUT2D eigenvalue weighted by atomic mass is 9.50. The van der Waals surface area contributed by atoms with Gasteiger partial charge in [-0.1, -0.05) is 54.6 Å². The van der Waals surface area contributed by atoms with Crippen LogP contribution in [0, 0.1) is 23.2 Å². The number of aliphatic hydroxyl groups excluding tert-OH is 1. The Balaban J connectivity index is 1.08. The van der Waals surface area contributed by atoms with Crippen molar-refractivity contribution >= 4 is 29.9 Å². The molecule has 4 bridgehead atoms. The van der Waals surface area contributed by atoms with Gasteiger partial charge in [0.1, 0.15) is 18.1 Å². The molecule has 12 nitrogen and oxygen atoms in total. The number of carboxylic acid groups (broad SMARTS) is 1. The number of ether oxygens (including phenoxy) is 1. The van der Waals surface area contributed by atoms with Crippen molar-refractivity contribution in [2.24, 2.45) is 23.2 Å². The predicted octanol–water partition coefficient (Wildman–Crippen LogP) is 3.37. The van der Waals surface area contributed by atoms with Crippen LogP contribution in [0.5, 0.6) is 0 Å². The van der Waals surface area contributed by atoms with Crippen molar-refractivity contribution < 1.29 is 38.9 Å². The van der Waals surface area contributed by atoms with Gasteiger partial charge in [-0.05, 0) is 79.9 Å². The Morgan fingerprint density at radius 1 is 0.936 bits per heavy atom. The number of carbonyl (C=O) groups is 5. The molecule has 1 heterocycles. The fraction of sp³-hybridized carbons (Fsp3) is 0.514. The molecule has 0 unspecified atom stereocenters. The Labute approximate surface area is 273 Å². The molecule has 250 valence electrons. The highest BCUT2D eigenvalue weighted by Crippen LogP contribution is 2.60. The van der Waals surface area contributed by atoms with Crippen LogP contribution in [-0.2, 0) is 37.8 Å². The van der Waals surface area contributed by atoms with Crippen LogP contribution in [0.15, 0.2) is 54.6 Å². The number of imide groups is 1. The quantitative estimate of drug-likeness (QED) is 0.255. The van der Waals surface area contributed by atoms with Gasteiger partial charge in [0.15, 0.2) is 0 Å². The average Bonchev–Trinajstić information content (AvgIpc) is 3.22. The number of hydrogen-bond donors (Lipinski definition) is 4. The van der Waals surface area contributed by atoms with Gasteiger partial charge in [0, 0.05) is 18.5 Å². The van der Waals surface area contributed by atoms with Crippen LogP contribution < -0.4 is 10.6 Å². The Bertz CT molecular complexity index is 1490. The van der Waals surface area contributed by atoms with Crippen LogP contribution in [0.25, 0.3) is 0 Å². The largest absolute Gasteiger partial charge is 0.480 e. The molecule has 2 atom stereocenters. The second kappa shape index (κ2) is 13.0. The summed E-state index contributed by atoms with van der Waals surface area (Å²) in [5, 5.41) is 24.0. The Kier molecular flexibility index (Phi) is 8.97. The summed E-state index contributed by atoms with van der Waals surface area (Å²) in [7, 11) is 0. The summed E-state index contributed by atoms with van der Waals surface area (Å²) in [6.07, 6.45) is 6.01. The molecule has 1 saturated heterocycles. The summed E-state index contributed by atoms with van der Waals surface area (Å²) in [5.74, 6) is -0.705. The molecule has 4 saturated carbocycles. The number of carbonyl (C=O) groups excluding carboxylic acids is 4. The van der Waals surface area contributed by atoms with E-state index in [-0.39, 0.29) is 25.2 Å². The maximum Gasteiger partial charge on any atom is 0.407 e. The average molecular weight is 647 g/mol. The second-order valence-corrected chi connectivity index (χ2v) is 14.0. The van der Waals surface area contributed by atoms with E-state index in [4.69, 9.17) is 4.74 Å². The molecule has 4 N–H and O–H groups in total. The van der Waals surface area contributed by atoms with Crippen molar-refractivity contribution in [3.63, 3.8) is 0 Å². The smallest absolute Gasteiger partial charge is 0.407 e. The molecule has 5 aliphatic rings.